The molecule has 0 spiro atoms. The first-order valence-corrected chi connectivity index (χ1v) is 22.6. The highest BCUT2D eigenvalue weighted by Gasteiger charge is 2.35. The van der Waals surface area contributed by atoms with Gasteiger partial charge in [-0.3, -0.25) is 38.4 Å². The van der Waals surface area contributed by atoms with E-state index in [1.807, 2.05) is 0 Å². The van der Waals surface area contributed by atoms with Gasteiger partial charge in [0.1, 0.15) is 61.5 Å². The van der Waals surface area contributed by atoms with Gasteiger partial charge in [0.25, 0.3) is 0 Å². The summed E-state index contributed by atoms with van der Waals surface area (Å²) in [6.45, 7) is 10.5. The number of aliphatic hydroxyl groups is 2. The molecule has 26 heteroatoms. The lowest BCUT2D eigenvalue weighted by atomic mass is 10.0. The lowest BCUT2D eigenvalue weighted by molar-refractivity contribution is -0.144. The summed E-state index contributed by atoms with van der Waals surface area (Å²) in [5.74, 6) is -10.3. The Bertz CT molecular complexity index is 1550. The molecule has 10 atom stereocenters. The average molecular weight is 977 g/mol. The molecule has 0 fully saturated rings. The fourth-order valence-electron chi connectivity index (χ4n) is 6.08. The number of aliphatic carboxylic acids is 2. The van der Waals surface area contributed by atoms with Gasteiger partial charge in [-0.25, -0.2) is 9.59 Å². The molecule has 0 unspecified atom stereocenters. The van der Waals surface area contributed by atoms with Crippen LogP contribution in [-0.2, 0) is 57.4 Å². The molecule has 0 aliphatic carbocycles. The Hall–Kier alpha value is -5.54. The number of carboxylic acid groups (broad SMARTS) is 2. The van der Waals surface area contributed by atoms with E-state index in [1.54, 1.807) is 27.7 Å². The van der Waals surface area contributed by atoms with Crippen LogP contribution < -0.4 is 54.0 Å². The standard InChI is InChI=1S/C42H76N10O16/c1-21(2)31(41(63)64)49-39(61)33(25(7)53)51-35(57)23(5)45-37(59)27(13-9-11-15-43)47-29(55)19-67-17-18-68-20-30(56)48-28(14-10-12-16-44)38(60)46-24(6)36(58)52-34(26(8)54)40(62)50-32(22(3)4)42(65)66/h21-28,31-34,53-54H,9-20,43-44H2,1-8H3,(H,45,59)(H,46,60)(H,47,55)(H,48,56)(H,49,61)(H,50,62)(H,51,57)(H,52,58)(H,63,64)(H,65,66)/t23-,24-,25+,26+,27-,28-,31-,32-,33-,34-/m0/s1. The highest BCUT2D eigenvalue weighted by atomic mass is 16.5. The van der Waals surface area contributed by atoms with Crippen LogP contribution in [0.25, 0.3) is 0 Å². The second kappa shape index (κ2) is 33.0. The summed E-state index contributed by atoms with van der Waals surface area (Å²) >= 11 is 0. The van der Waals surface area contributed by atoms with Crippen LogP contribution >= 0.6 is 0 Å². The van der Waals surface area contributed by atoms with E-state index in [0.717, 1.165) is 0 Å². The quantitative estimate of drug-likeness (QED) is 0.0266. The molecule has 26 nitrogen and oxygen atoms in total. The molecule has 0 rings (SSSR count). The highest BCUT2D eigenvalue weighted by Crippen LogP contribution is 2.08. The van der Waals surface area contributed by atoms with E-state index in [4.69, 9.17) is 20.9 Å². The van der Waals surface area contributed by atoms with E-state index in [1.165, 1.54) is 27.7 Å². The Morgan fingerprint density at radius 2 is 0.735 bits per heavy atom. The largest absolute Gasteiger partial charge is 0.480 e. The van der Waals surface area contributed by atoms with Crippen LogP contribution in [0.1, 0.15) is 93.9 Å². The lowest BCUT2D eigenvalue weighted by Crippen LogP contribution is -2.60. The number of hydrogen-bond donors (Lipinski definition) is 14. The topological polar surface area (TPSA) is 418 Å². The van der Waals surface area contributed by atoms with Crippen molar-refractivity contribution >= 4 is 59.2 Å². The van der Waals surface area contributed by atoms with Crippen molar-refractivity contribution in [1.29, 1.82) is 0 Å². The molecule has 16 N–H and O–H groups in total. The van der Waals surface area contributed by atoms with Crippen LogP contribution in [0, 0.1) is 11.8 Å². The third-order valence-corrected chi connectivity index (χ3v) is 10.1. The zero-order valence-corrected chi connectivity index (χ0v) is 40.3. The first-order valence-electron chi connectivity index (χ1n) is 22.6. The van der Waals surface area contributed by atoms with Gasteiger partial charge in [0.15, 0.2) is 0 Å². The SMILES string of the molecule is CC(C)[C@H](NC(=O)[C@@H](NC(=O)[C@H](C)NC(=O)[C@H](CCCCN)NC(=O)COCCOCC(=O)N[C@@H](CCCCN)C(=O)N[C@@H](C)C(=O)N[C@H](C(=O)N[C@H](C(=O)O)C(C)C)[C@@H](C)O)[C@@H](C)O)C(=O)O. The normalized spacial score (nSPS) is 15.7. The minimum absolute atomic E-state index is 0.125. The summed E-state index contributed by atoms with van der Waals surface area (Å²) in [6.07, 6.45) is -0.770. The minimum atomic E-state index is -1.56. The molecule has 0 aliphatic heterocycles. The predicted molar refractivity (Wildman–Crippen MR) is 243 cm³/mol. The smallest absolute Gasteiger partial charge is 0.326 e. The zero-order valence-electron chi connectivity index (χ0n) is 40.3. The van der Waals surface area contributed by atoms with Gasteiger partial charge < -0.3 is 83.9 Å². The molecular formula is C42H76N10O16. The number of hydrogen-bond acceptors (Lipinski definition) is 16. The van der Waals surface area contributed by atoms with E-state index in [0.29, 0.717) is 38.8 Å². The van der Waals surface area contributed by atoms with Crippen LogP contribution in [0.3, 0.4) is 0 Å². The molecule has 0 aromatic heterocycles. The van der Waals surface area contributed by atoms with Crippen molar-refractivity contribution in [1.82, 2.24) is 42.5 Å². The highest BCUT2D eigenvalue weighted by molar-refractivity contribution is 5.96. The fraction of sp³-hybridized carbons (Fsp3) is 0.762. The lowest BCUT2D eigenvalue weighted by Gasteiger charge is -2.26. The minimum Gasteiger partial charge on any atom is -0.480 e. The van der Waals surface area contributed by atoms with Gasteiger partial charge in [0, 0.05) is 0 Å². The second-order valence-corrected chi connectivity index (χ2v) is 17.0. The van der Waals surface area contributed by atoms with Crippen molar-refractivity contribution in [2.24, 2.45) is 23.3 Å². The summed E-state index contributed by atoms with van der Waals surface area (Å²) in [5.41, 5.74) is 11.2. The van der Waals surface area contributed by atoms with Crippen molar-refractivity contribution in [2.75, 3.05) is 39.5 Å². The van der Waals surface area contributed by atoms with Crippen molar-refractivity contribution in [3.63, 3.8) is 0 Å². The van der Waals surface area contributed by atoms with E-state index in [-0.39, 0.29) is 26.1 Å². The Kier molecular flexibility index (Phi) is 30.3. The Morgan fingerprint density at radius 1 is 0.426 bits per heavy atom. The summed E-state index contributed by atoms with van der Waals surface area (Å²) in [5, 5.41) is 58.3. The zero-order chi connectivity index (χ0) is 52.3. The number of amides is 8. The van der Waals surface area contributed by atoms with Gasteiger partial charge >= 0.3 is 11.9 Å². The number of aliphatic hydroxyl groups excluding tert-OH is 2. The molecule has 0 bridgehead atoms. The van der Waals surface area contributed by atoms with Crippen molar-refractivity contribution in [3.05, 3.63) is 0 Å². The maximum atomic E-state index is 13.2. The predicted octanol–water partition coefficient (Wildman–Crippen LogP) is -4.56. The molecule has 0 saturated heterocycles. The Balaban J connectivity index is 5.28. The molecule has 0 aliphatic rings. The summed E-state index contributed by atoms with van der Waals surface area (Å²) in [4.78, 5) is 127. The number of rotatable bonds is 35. The molecule has 68 heavy (non-hydrogen) atoms. The number of ether oxygens (including phenoxy) is 2. The van der Waals surface area contributed by atoms with Gasteiger partial charge in [0.2, 0.25) is 47.3 Å². The van der Waals surface area contributed by atoms with Crippen molar-refractivity contribution in [3.8, 4) is 0 Å². The molecule has 0 aromatic carbocycles. The molecule has 0 heterocycles. The molecule has 0 aromatic rings. The summed E-state index contributed by atoms with van der Waals surface area (Å²) < 4.78 is 10.7. The first kappa shape index (κ1) is 62.5. The van der Waals surface area contributed by atoms with Crippen LogP contribution in [-0.4, -0.2) is 180 Å². The summed E-state index contributed by atoms with van der Waals surface area (Å²) in [6, 6.07) is -10.5. The number of carbonyl (C=O) groups is 10. The molecule has 0 radical (unpaired) electrons. The van der Waals surface area contributed by atoms with Crippen molar-refractivity contribution < 1.29 is 77.8 Å². The maximum Gasteiger partial charge on any atom is 0.326 e. The Labute approximate surface area is 396 Å². The Morgan fingerprint density at radius 3 is 1.00 bits per heavy atom. The number of carbonyl (C=O) groups excluding carboxylic acids is 8. The fourth-order valence-corrected chi connectivity index (χ4v) is 6.08. The van der Waals surface area contributed by atoms with Crippen molar-refractivity contribution in [2.45, 2.75) is 154 Å². The van der Waals surface area contributed by atoms with Crippen LogP contribution in [0.5, 0.6) is 0 Å². The van der Waals surface area contributed by atoms with Crippen LogP contribution in [0.15, 0.2) is 0 Å². The number of nitrogens with one attached hydrogen (secondary N) is 8. The van der Waals surface area contributed by atoms with E-state index in [2.05, 4.69) is 42.5 Å². The van der Waals surface area contributed by atoms with E-state index in [9.17, 15) is 68.4 Å². The van der Waals surface area contributed by atoms with Crippen LogP contribution in [0.2, 0.25) is 0 Å². The van der Waals surface area contributed by atoms with Gasteiger partial charge in [0.05, 0.1) is 25.4 Å². The van der Waals surface area contributed by atoms with Gasteiger partial charge in [-0.2, -0.15) is 0 Å². The molecule has 390 valence electrons. The molecular weight excluding hydrogens is 901 g/mol. The third-order valence-electron chi connectivity index (χ3n) is 10.1. The van der Waals surface area contributed by atoms with Gasteiger partial charge in [-0.15, -0.1) is 0 Å². The van der Waals surface area contributed by atoms with Gasteiger partial charge in [-0.05, 0) is 91.1 Å². The van der Waals surface area contributed by atoms with Crippen LogP contribution in [0.4, 0.5) is 0 Å². The summed E-state index contributed by atoms with van der Waals surface area (Å²) in [7, 11) is 0. The van der Waals surface area contributed by atoms with E-state index >= 15 is 0 Å². The maximum absolute atomic E-state index is 13.2. The first-order chi connectivity index (χ1) is 31.8. The number of unbranched alkanes of at least 4 members (excludes halogenated alkanes) is 2. The molecule has 0 saturated carbocycles. The third kappa shape index (κ3) is 24.5. The van der Waals surface area contributed by atoms with E-state index < -0.39 is 145 Å². The average Bonchev–Trinajstić information content (AvgIpc) is 3.24. The second-order valence-electron chi connectivity index (χ2n) is 17.0. The van der Waals surface area contributed by atoms with Gasteiger partial charge in [-0.1, -0.05) is 27.7 Å². The number of nitrogens with two attached hydrogens (primary N) is 2. The number of carboxylic acids is 2. The molecule has 8 amide bonds. The monoisotopic (exact) mass is 977 g/mol.